The first kappa shape index (κ1) is 12.5. The van der Waals surface area contributed by atoms with Crippen LogP contribution in [0.4, 0.5) is 0 Å². The molecule has 0 spiro atoms. The molecule has 0 saturated carbocycles. The van der Waals surface area contributed by atoms with E-state index in [9.17, 15) is 4.79 Å². The molecule has 0 aliphatic carbocycles. The quantitative estimate of drug-likeness (QED) is 0.617. The topological polar surface area (TPSA) is 63.6 Å². The molecule has 0 aliphatic heterocycles. The van der Waals surface area contributed by atoms with Crippen molar-refractivity contribution in [2.24, 2.45) is 0 Å². The van der Waals surface area contributed by atoms with E-state index in [-0.39, 0.29) is 5.43 Å². The molecule has 1 N–H and O–H groups in total. The second kappa shape index (κ2) is 4.96. The van der Waals surface area contributed by atoms with Gasteiger partial charge in [-0.1, -0.05) is 18.2 Å². The van der Waals surface area contributed by atoms with Gasteiger partial charge in [-0.25, -0.2) is 4.98 Å². The van der Waals surface area contributed by atoms with Crippen LogP contribution >= 0.6 is 0 Å². The molecule has 3 heterocycles. The monoisotopic (exact) mass is 288 g/mol. The van der Waals surface area contributed by atoms with E-state index in [0.29, 0.717) is 0 Å². The number of hydrogen-bond acceptors (Lipinski definition) is 3. The fourth-order valence-electron chi connectivity index (χ4n) is 2.58. The van der Waals surface area contributed by atoms with E-state index >= 15 is 0 Å². The van der Waals surface area contributed by atoms with Gasteiger partial charge in [-0.05, 0) is 18.2 Å². The summed E-state index contributed by atoms with van der Waals surface area (Å²) in [5.41, 5.74) is 2.62. The van der Waals surface area contributed by atoms with Gasteiger partial charge < -0.3 is 4.57 Å². The van der Waals surface area contributed by atoms with Crippen molar-refractivity contribution in [3.63, 3.8) is 0 Å². The third-order valence-corrected chi connectivity index (χ3v) is 3.58. The summed E-state index contributed by atoms with van der Waals surface area (Å²) in [6, 6.07) is 14.7. The summed E-state index contributed by atoms with van der Waals surface area (Å²) in [6.07, 6.45) is 5.25. The Hall–Kier alpha value is -3.21. The number of hydrogen-bond donors (Lipinski definition) is 1. The summed E-state index contributed by atoms with van der Waals surface area (Å²) in [5.74, 6) is 0.762. The highest BCUT2D eigenvalue weighted by Crippen LogP contribution is 2.27. The van der Waals surface area contributed by atoms with Crippen LogP contribution in [0.1, 0.15) is 0 Å². The molecule has 5 nitrogen and oxygen atoms in total. The lowest BCUT2D eigenvalue weighted by atomic mass is 10.1. The Morgan fingerprint density at radius 1 is 1.05 bits per heavy atom. The van der Waals surface area contributed by atoms with Crippen molar-refractivity contribution in [1.29, 1.82) is 0 Å². The first-order chi connectivity index (χ1) is 10.8. The lowest BCUT2D eigenvalue weighted by Gasteiger charge is -2.13. The fraction of sp³-hybridized carbons (Fsp3) is 0. The van der Waals surface area contributed by atoms with E-state index in [1.165, 1.54) is 6.07 Å². The third-order valence-electron chi connectivity index (χ3n) is 3.58. The van der Waals surface area contributed by atoms with Gasteiger partial charge in [0.05, 0.1) is 17.4 Å². The maximum absolute atomic E-state index is 11.9. The van der Waals surface area contributed by atoms with Crippen molar-refractivity contribution < 1.29 is 0 Å². The van der Waals surface area contributed by atoms with Crippen LogP contribution in [0, 0.1) is 0 Å². The molecule has 0 amide bonds. The van der Waals surface area contributed by atoms with Crippen LogP contribution in [-0.2, 0) is 0 Å². The van der Waals surface area contributed by atoms with Crippen LogP contribution in [0.3, 0.4) is 0 Å². The predicted octanol–water partition coefficient (Wildman–Crippen LogP) is 2.78. The third kappa shape index (κ3) is 2.00. The zero-order valence-corrected chi connectivity index (χ0v) is 11.6. The summed E-state index contributed by atoms with van der Waals surface area (Å²) in [4.78, 5) is 16.2. The molecular weight excluding hydrogens is 276 g/mol. The van der Waals surface area contributed by atoms with Gasteiger partial charge in [-0.2, -0.15) is 5.10 Å². The minimum absolute atomic E-state index is 0.0392. The molecular formula is C17H12N4O. The predicted molar refractivity (Wildman–Crippen MR) is 84.9 cm³/mol. The number of aromatic nitrogens is 4. The molecule has 4 aromatic rings. The van der Waals surface area contributed by atoms with Crippen molar-refractivity contribution in [3.05, 3.63) is 77.3 Å². The average molecular weight is 288 g/mol. The number of aromatic amines is 1. The van der Waals surface area contributed by atoms with E-state index in [0.717, 1.165) is 28.0 Å². The lowest BCUT2D eigenvalue weighted by molar-refractivity contribution is 0.989. The van der Waals surface area contributed by atoms with Crippen LogP contribution in [-0.4, -0.2) is 19.7 Å². The van der Waals surface area contributed by atoms with Crippen molar-refractivity contribution in [2.45, 2.75) is 0 Å². The van der Waals surface area contributed by atoms with Gasteiger partial charge in [-0.15, -0.1) is 0 Å². The first-order valence-electron chi connectivity index (χ1n) is 6.89. The van der Waals surface area contributed by atoms with Crippen molar-refractivity contribution in [3.8, 4) is 17.1 Å². The first-order valence-corrected chi connectivity index (χ1v) is 6.89. The highest BCUT2D eigenvalue weighted by atomic mass is 16.1. The summed E-state index contributed by atoms with van der Waals surface area (Å²) < 4.78 is 1.91. The van der Waals surface area contributed by atoms with Gasteiger partial charge in [0.25, 0.3) is 0 Å². The standard InChI is InChI=1S/C17H12N4O/c22-12-7-9-21(17-6-1-2-8-18-17)16(10-12)13-4-3-5-15-14(13)11-19-20-15/h1-11H,(H,19,20). The minimum atomic E-state index is -0.0392. The number of pyridine rings is 2. The van der Waals surface area contributed by atoms with Crippen molar-refractivity contribution in [1.82, 2.24) is 19.7 Å². The van der Waals surface area contributed by atoms with E-state index in [2.05, 4.69) is 15.2 Å². The average Bonchev–Trinajstić information content (AvgIpc) is 3.04. The normalized spacial score (nSPS) is 10.9. The maximum atomic E-state index is 11.9. The number of rotatable bonds is 2. The molecule has 22 heavy (non-hydrogen) atoms. The van der Waals surface area contributed by atoms with Crippen LogP contribution in [0.5, 0.6) is 0 Å². The Morgan fingerprint density at radius 3 is 2.86 bits per heavy atom. The lowest BCUT2D eigenvalue weighted by Crippen LogP contribution is -2.08. The summed E-state index contributed by atoms with van der Waals surface area (Å²) in [6.45, 7) is 0. The largest absolute Gasteiger partial charge is 0.301 e. The van der Waals surface area contributed by atoms with E-state index in [1.807, 2.05) is 41.0 Å². The molecule has 0 aliphatic rings. The molecule has 3 aromatic heterocycles. The molecule has 0 fully saturated rings. The van der Waals surface area contributed by atoms with Gasteiger partial charge in [0, 0.05) is 35.5 Å². The number of nitrogens with one attached hydrogen (secondary N) is 1. The summed E-state index contributed by atoms with van der Waals surface area (Å²) in [5, 5.41) is 8.01. The molecule has 0 bridgehead atoms. The molecule has 5 heteroatoms. The maximum Gasteiger partial charge on any atom is 0.182 e. The van der Waals surface area contributed by atoms with Crippen LogP contribution in [0.2, 0.25) is 0 Å². The zero-order chi connectivity index (χ0) is 14.9. The van der Waals surface area contributed by atoms with Gasteiger partial charge in [0.15, 0.2) is 5.43 Å². The summed E-state index contributed by atoms with van der Waals surface area (Å²) >= 11 is 0. The Labute approximate surface area is 125 Å². The van der Waals surface area contributed by atoms with Gasteiger partial charge in [0.2, 0.25) is 0 Å². The van der Waals surface area contributed by atoms with Gasteiger partial charge >= 0.3 is 0 Å². The molecule has 1 aromatic carbocycles. The number of benzene rings is 1. The number of nitrogens with zero attached hydrogens (tertiary/aromatic N) is 3. The second-order valence-electron chi connectivity index (χ2n) is 4.94. The van der Waals surface area contributed by atoms with Crippen LogP contribution in [0.25, 0.3) is 28.0 Å². The smallest absolute Gasteiger partial charge is 0.182 e. The van der Waals surface area contributed by atoms with E-state index < -0.39 is 0 Å². The Balaban J connectivity index is 2.05. The van der Waals surface area contributed by atoms with Crippen LogP contribution in [0.15, 0.2) is 71.9 Å². The van der Waals surface area contributed by atoms with Gasteiger partial charge in [-0.3, -0.25) is 9.89 Å². The molecule has 0 atom stereocenters. The molecule has 0 radical (unpaired) electrons. The van der Waals surface area contributed by atoms with E-state index in [4.69, 9.17) is 0 Å². The van der Waals surface area contributed by atoms with Crippen LogP contribution < -0.4 is 5.43 Å². The minimum Gasteiger partial charge on any atom is -0.301 e. The number of fused-ring (bicyclic) bond motifs is 1. The summed E-state index contributed by atoms with van der Waals surface area (Å²) in [7, 11) is 0. The molecule has 0 saturated heterocycles. The number of H-pyrrole nitrogens is 1. The highest BCUT2D eigenvalue weighted by molar-refractivity contribution is 5.93. The zero-order valence-electron chi connectivity index (χ0n) is 11.6. The fourth-order valence-corrected chi connectivity index (χ4v) is 2.58. The van der Waals surface area contributed by atoms with Crippen molar-refractivity contribution >= 4 is 10.9 Å². The highest BCUT2D eigenvalue weighted by Gasteiger charge is 2.11. The Kier molecular flexibility index (Phi) is 2.83. The van der Waals surface area contributed by atoms with E-state index in [1.54, 1.807) is 24.7 Å². The Bertz CT molecular complexity index is 1000. The molecule has 0 unspecified atom stereocenters. The van der Waals surface area contributed by atoms with Crippen molar-refractivity contribution in [2.75, 3.05) is 0 Å². The molecule has 106 valence electrons. The van der Waals surface area contributed by atoms with Gasteiger partial charge in [0.1, 0.15) is 5.82 Å². The Morgan fingerprint density at radius 2 is 2.00 bits per heavy atom. The SMILES string of the molecule is O=c1ccn(-c2ccccn2)c(-c2cccc3[nH]ncc23)c1. The molecule has 4 rings (SSSR count). The second-order valence-corrected chi connectivity index (χ2v) is 4.94.